The number of anilines is 1. The number of benzene rings is 1. The summed E-state index contributed by atoms with van der Waals surface area (Å²) in [6.45, 7) is 5.46. The lowest BCUT2D eigenvalue weighted by molar-refractivity contribution is 0.458. The number of hydrogen-bond acceptors (Lipinski definition) is 3. The first-order valence-electron chi connectivity index (χ1n) is 6.18. The Kier molecular flexibility index (Phi) is 2.58. The van der Waals surface area contributed by atoms with Crippen molar-refractivity contribution in [3.05, 3.63) is 28.8 Å². The van der Waals surface area contributed by atoms with Gasteiger partial charge in [0, 0.05) is 6.54 Å². The van der Waals surface area contributed by atoms with Crippen molar-refractivity contribution in [2.45, 2.75) is 32.2 Å². The van der Waals surface area contributed by atoms with Crippen molar-refractivity contribution in [3.63, 3.8) is 0 Å². The molecule has 1 aromatic rings. The molecular formula is C13H19N3. The normalized spacial score (nSPS) is 20.6. The minimum atomic E-state index is 0.747. The predicted molar refractivity (Wildman–Crippen MR) is 66.5 cm³/mol. The fraction of sp³-hybridized carbons (Fsp3) is 0.538. The van der Waals surface area contributed by atoms with E-state index in [-0.39, 0.29) is 0 Å². The van der Waals surface area contributed by atoms with Crippen LogP contribution < -0.4 is 16.2 Å². The zero-order valence-corrected chi connectivity index (χ0v) is 9.77. The third-order valence-corrected chi connectivity index (χ3v) is 3.81. The van der Waals surface area contributed by atoms with E-state index in [0.717, 1.165) is 25.6 Å². The van der Waals surface area contributed by atoms with E-state index < -0.39 is 0 Å². The van der Waals surface area contributed by atoms with E-state index in [1.165, 1.54) is 29.7 Å². The first kappa shape index (κ1) is 10.1. The number of fused-ring (bicyclic) bond motifs is 1. The van der Waals surface area contributed by atoms with Gasteiger partial charge in [-0.2, -0.15) is 0 Å². The number of hydrogen-bond donors (Lipinski definition) is 3. The molecule has 3 N–H and O–H groups in total. The zero-order chi connectivity index (χ0) is 11.0. The van der Waals surface area contributed by atoms with Crippen LogP contribution in [0.5, 0.6) is 0 Å². The Hall–Kier alpha value is -1.06. The molecule has 86 valence electrons. The Morgan fingerprint density at radius 2 is 2.00 bits per heavy atom. The third kappa shape index (κ3) is 1.60. The van der Waals surface area contributed by atoms with Gasteiger partial charge in [-0.3, -0.25) is 0 Å². The lowest BCUT2D eigenvalue weighted by Crippen LogP contribution is -2.27. The van der Waals surface area contributed by atoms with Gasteiger partial charge in [0.25, 0.3) is 0 Å². The maximum absolute atomic E-state index is 3.43. The monoisotopic (exact) mass is 217 g/mol. The first-order valence-corrected chi connectivity index (χ1v) is 6.18. The van der Waals surface area contributed by atoms with E-state index in [4.69, 9.17) is 0 Å². The lowest BCUT2D eigenvalue weighted by atomic mass is 9.86. The average molecular weight is 217 g/mol. The fourth-order valence-corrected chi connectivity index (χ4v) is 2.88. The molecule has 2 heterocycles. The van der Waals surface area contributed by atoms with Crippen LogP contribution in [0.2, 0.25) is 0 Å². The number of nitrogens with one attached hydrogen (secondary N) is 3. The minimum Gasteiger partial charge on any atom is -0.321 e. The smallest absolute Gasteiger partial charge is 0.0565 e. The highest BCUT2D eigenvalue weighted by atomic mass is 15.4. The highest BCUT2D eigenvalue weighted by Gasteiger charge is 2.22. The van der Waals surface area contributed by atoms with Gasteiger partial charge in [0.05, 0.1) is 5.69 Å². The van der Waals surface area contributed by atoms with Gasteiger partial charge >= 0.3 is 0 Å². The molecule has 0 aliphatic carbocycles. The standard InChI is InChI=1S/C13H19N3/c1-9-2-3-11(10-4-6-14-7-5-10)12-8-15-16-13(9)12/h2-3,10,14-16H,4-8H2,1H3. The molecule has 3 nitrogen and oxygen atoms in total. The molecule has 2 aliphatic heterocycles. The van der Waals surface area contributed by atoms with Crippen LogP contribution in [0.15, 0.2) is 12.1 Å². The topological polar surface area (TPSA) is 36.1 Å². The average Bonchev–Trinajstić information content (AvgIpc) is 2.81. The second-order valence-electron chi connectivity index (χ2n) is 4.83. The van der Waals surface area contributed by atoms with Gasteiger partial charge in [0.15, 0.2) is 0 Å². The van der Waals surface area contributed by atoms with Gasteiger partial charge in [-0.1, -0.05) is 12.1 Å². The summed E-state index contributed by atoms with van der Waals surface area (Å²) in [6, 6.07) is 4.58. The van der Waals surface area contributed by atoms with Gasteiger partial charge in [0.1, 0.15) is 0 Å². The van der Waals surface area contributed by atoms with Crippen molar-refractivity contribution in [2.75, 3.05) is 18.5 Å². The summed E-state index contributed by atoms with van der Waals surface area (Å²) < 4.78 is 0. The Morgan fingerprint density at radius 1 is 1.19 bits per heavy atom. The van der Waals surface area contributed by atoms with Gasteiger partial charge in [-0.05, 0) is 55.5 Å². The second kappa shape index (κ2) is 4.07. The van der Waals surface area contributed by atoms with Crippen molar-refractivity contribution in [1.82, 2.24) is 10.7 Å². The maximum Gasteiger partial charge on any atom is 0.0565 e. The molecular weight excluding hydrogens is 198 g/mol. The molecule has 16 heavy (non-hydrogen) atoms. The maximum atomic E-state index is 3.43. The molecule has 0 atom stereocenters. The quantitative estimate of drug-likeness (QED) is 0.672. The van der Waals surface area contributed by atoms with Crippen LogP contribution in [0.4, 0.5) is 5.69 Å². The van der Waals surface area contributed by atoms with Crippen LogP contribution in [0.1, 0.15) is 35.4 Å². The highest BCUT2D eigenvalue weighted by Crippen LogP contribution is 2.35. The largest absolute Gasteiger partial charge is 0.321 e. The Labute approximate surface area is 96.6 Å². The Bertz CT molecular complexity index is 394. The molecule has 2 aliphatic rings. The summed E-state index contributed by atoms with van der Waals surface area (Å²) in [5.74, 6) is 0.747. The van der Waals surface area contributed by atoms with Crippen LogP contribution in [0, 0.1) is 6.92 Å². The summed E-state index contributed by atoms with van der Waals surface area (Å²) in [6.07, 6.45) is 2.55. The number of aryl methyl sites for hydroxylation is 1. The number of hydrazine groups is 1. The number of piperidine rings is 1. The summed E-state index contributed by atoms with van der Waals surface area (Å²) >= 11 is 0. The Balaban J connectivity index is 1.98. The summed E-state index contributed by atoms with van der Waals surface area (Å²) in [5, 5.41) is 3.43. The van der Waals surface area contributed by atoms with E-state index in [0.29, 0.717) is 0 Å². The zero-order valence-electron chi connectivity index (χ0n) is 9.77. The molecule has 0 saturated carbocycles. The molecule has 0 radical (unpaired) electrons. The molecule has 0 aromatic heterocycles. The van der Waals surface area contributed by atoms with Crippen molar-refractivity contribution in [2.24, 2.45) is 0 Å². The molecule has 0 amide bonds. The third-order valence-electron chi connectivity index (χ3n) is 3.81. The molecule has 0 spiro atoms. The van der Waals surface area contributed by atoms with Gasteiger partial charge in [0.2, 0.25) is 0 Å². The van der Waals surface area contributed by atoms with Crippen LogP contribution in [0.25, 0.3) is 0 Å². The highest BCUT2D eigenvalue weighted by molar-refractivity contribution is 5.62. The second-order valence-corrected chi connectivity index (χ2v) is 4.83. The molecule has 0 unspecified atom stereocenters. The van der Waals surface area contributed by atoms with Crippen molar-refractivity contribution in [3.8, 4) is 0 Å². The molecule has 0 bridgehead atoms. The minimum absolute atomic E-state index is 0.747. The molecule has 1 saturated heterocycles. The van der Waals surface area contributed by atoms with E-state index in [1.54, 1.807) is 5.56 Å². The summed E-state index contributed by atoms with van der Waals surface area (Å²) in [5.41, 5.74) is 12.2. The van der Waals surface area contributed by atoms with Crippen LogP contribution in [-0.4, -0.2) is 13.1 Å². The van der Waals surface area contributed by atoms with Gasteiger partial charge in [-0.25, -0.2) is 5.43 Å². The van der Waals surface area contributed by atoms with E-state index >= 15 is 0 Å². The molecule has 3 heteroatoms. The summed E-state index contributed by atoms with van der Waals surface area (Å²) in [7, 11) is 0. The van der Waals surface area contributed by atoms with Crippen LogP contribution in [0.3, 0.4) is 0 Å². The SMILES string of the molecule is Cc1ccc(C2CCNCC2)c2c1NNC2. The van der Waals surface area contributed by atoms with Crippen molar-refractivity contribution in [1.29, 1.82) is 0 Å². The number of rotatable bonds is 1. The first-order chi connectivity index (χ1) is 7.86. The van der Waals surface area contributed by atoms with E-state index in [1.807, 2.05) is 0 Å². The van der Waals surface area contributed by atoms with Crippen LogP contribution >= 0.6 is 0 Å². The summed E-state index contributed by atoms with van der Waals surface area (Å²) in [4.78, 5) is 0. The lowest BCUT2D eigenvalue weighted by Gasteiger charge is -2.25. The molecule has 1 aromatic carbocycles. The van der Waals surface area contributed by atoms with Gasteiger partial charge in [-0.15, -0.1) is 0 Å². The van der Waals surface area contributed by atoms with Crippen molar-refractivity contribution < 1.29 is 0 Å². The predicted octanol–water partition coefficient (Wildman–Crippen LogP) is 1.89. The van der Waals surface area contributed by atoms with E-state index in [9.17, 15) is 0 Å². The Morgan fingerprint density at radius 3 is 2.81 bits per heavy atom. The fourth-order valence-electron chi connectivity index (χ4n) is 2.88. The van der Waals surface area contributed by atoms with Crippen molar-refractivity contribution >= 4 is 5.69 Å². The molecule has 1 fully saturated rings. The molecule has 3 rings (SSSR count). The van der Waals surface area contributed by atoms with E-state index in [2.05, 4.69) is 35.2 Å². The van der Waals surface area contributed by atoms with Crippen LogP contribution in [-0.2, 0) is 6.54 Å². The van der Waals surface area contributed by atoms with Gasteiger partial charge < -0.3 is 10.7 Å².